The zero-order valence-electron chi connectivity index (χ0n) is 10.8. The highest BCUT2D eigenvalue weighted by Gasteiger charge is 2.03. The zero-order valence-corrected chi connectivity index (χ0v) is 10.8. The number of aromatic nitrogens is 3. The Morgan fingerprint density at radius 2 is 2.11 bits per heavy atom. The van der Waals surface area contributed by atoms with Gasteiger partial charge < -0.3 is 0 Å². The number of nitrogens with one attached hydrogen (secondary N) is 1. The van der Waals surface area contributed by atoms with Gasteiger partial charge in [-0.2, -0.15) is 5.10 Å². The van der Waals surface area contributed by atoms with Crippen molar-refractivity contribution in [2.24, 2.45) is 0 Å². The smallest absolute Gasteiger partial charge is 0.138 e. The lowest BCUT2D eigenvalue weighted by molar-refractivity contribution is 0.346. The molecule has 0 aliphatic rings. The first-order chi connectivity index (χ1) is 8.74. The molecule has 0 aliphatic carbocycles. The van der Waals surface area contributed by atoms with Crippen LogP contribution in [0.5, 0.6) is 0 Å². The molecule has 0 fully saturated rings. The molecule has 1 aromatic carbocycles. The molecule has 18 heavy (non-hydrogen) atoms. The Hall–Kier alpha value is -1.94. The van der Waals surface area contributed by atoms with Gasteiger partial charge in [0.1, 0.15) is 12.2 Å². The molecule has 0 atom stereocenters. The van der Waals surface area contributed by atoms with Crippen molar-refractivity contribution < 1.29 is 0 Å². The summed E-state index contributed by atoms with van der Waals surface area (Å²) in [6, 6.07) is 10.4. The average Bonchev–Trinajstić information content (AvgIpc) is 2.82. The summed E-state index contributed by atoms with van der Waals surface area (Å²) < 4.78 is 0. The standard InChI is InChI=1S/C14H18N4/c1-12(8-13-6-4-3-5-7-13)9-18(2)10-14-15-11-16-17-14/h3-8,11H,9-10H2,1-2H3,(H,15,16,17)/b12-8+. The summed E-state index contributed by atoms with van der Waals surface area (Å²) in [6.07, 6.45) is 3.74. The fourth-order valence-corrected chi connectivity index (χ4v) is 1.92. The van der Waals surface area contributed by atoms with Crippen LogP contribution in [0.2, 0.25) is 0 Å². The van der Waals surface area contributed by atoms with Crippen molar-refractivity contribution in [3.63, 3.8) is 0 Å². The fourth-order valence-electron chi connectivity index (χ4n) is 1.92. The van der Waals surface area contributed by atoms with Gasteiger partial charge in [0.25, 0.3) is 0 Å². The van der Waals surface area contributed by atoms with Gasteiger partial charge in [0.15, 0.2) is 0 Å². The second kappa shape index (κ2) is 6.12. The van der Waals surface area contributed by atoms with Gasteiger partial charge in [0.2, 0.25) is 0 Å². The molecule has 2 rings (SSSR count). The zero-order chi connectivity index (χ0) is 12.8. The van der Waals surface area contributed by atoms with Gasteiger partial charge in [-0.05, 0) is 19.5 Å². The fraction of sp³-hybridized carbons (Fsp3) is 0.286. The lowest BCUT2D eigenvalue weighted by atomic mass is 10.1. The molecule has 1 aromatic heterocycles. The molecule has 4 heteroatoms. The van der Waals surface area contributed by atoms with Crippen LogP contribution in [0.3, 0.4) is 0 Å². The van der Waals surface area contributed by atoms with E-state index in [9.17, 15) is 0 Å². The van der Waals surface area contributed by atoms with Crippen LogP contribution in [-0.2, 0) is 6.54 Å². The topological polar surface area (TPSA) is 44.8 Å². The minimum atomic E-state index is 0.778. The Labute approximate surface area is 107 Å². The van der Waals surface area contributed by atoms with Crippen LogP contribution in [0, 0.1) is 0 Å². The second-order valence-corrected chi connectivity index (χ2v) is 4.51. The summed E-state index contributed by atoms with van der Waals surface area (Å²) in [5, 5.41) is 6.71. The Bertz CT molecular complexity index is 488. The molecule has 4 nitrogen and oxygen atoms in total. The Balaban J connectivity index is 1.91. The molecular formula is C14H18N4. The van der Waals surface area contributed by atoms with Crippen molar-refractivity contribution in [2.45, 2.75) is 13.5 Å². The number of nitrogens with zero attached hydrogens (tertiary/aromatic N) is 3. The summed E-state index contributed by atoms with van der Waals surface area (Å²) in [7, 11) is 2.07. The maximum absolute atomic E-state index is 4.12. The normalized spacial score (nSPS) is 12.1. The number of hydrogen-bond acceptors (Lipinski definition) is 3. The van der Waals surface area contributed by atoms with Crippen molar-refractivity contribution >= 4 is 6.08 Å². The van der Waals surface area contributed by atoms with Crippen molar-refractivity contribution in [3.8, 4) is 0 Å². The highest BCUT2D eigenvalue weighted by molar-refractivity contribution is 5.52. The Kier molecular flexibility index (Phi) is 4.25. The average molecular weight is 242 g/mol. The quantitative estimate of drug-likeness (QED) is 0.875. The summed E-state index contributed by atoms with van der Waals surface area (Å²) >= 11 is 0. The van der Waals surface area contributed by atoms with E-state index in [-0.39, 0.29) is 0 Å². The number of aromatic amines is 1. The van der Waals surface area contributed by atoms with Gasteiger partial charge in [-0.1, -0.05) is 42.0 Å². The molecule has 0 saturated heterocycles. The molecule has 0 amide bonds. The molecular weight excluding hydrogens is 224 g/mol. The van der Waals surface area contributed by atoms with Crippen molar-refractivity contribution in [1.82, 2.24) is 20.1 Å². The highest BCUT2D eigenvalue weighted by Crippen LogP contribution is 2.07. The van der Waals surface area contributed by atoms with Crippen LogP contribution in [-0.4, -0.2) is 33.7 Å². The number of rotatable bonds is 5. The van der Waals surface area contributed by atoms with Crippen LogP contribution in [0.4, 0.5) is 0 Å². The van der Waals surface area contributed by atoms with E-state index in [1.54, 1.807) is 0 Å². The molecule has 1 heterocycles. The maximum Gasteiger partial charge on any atom is 0.138 e. The maximum atomic E-state index is 4.12. The van der Waals surface area contributed by atoms with Crippen molar-refractivity contribution in [2.75, 3.05) is 13.6 Å². The number of H-pyrrole nitrogens is 1. The van der Waals surface area contributed by atoms with Gasteiger partial charge in [-0.25, -0.2) is 4.98 Å². The molecule has 0 radical (unpaired) electrons. The molecule has 94 valence electrons. The third-order valence-electron chi connectivity index (χ3n) is 2.62. The molecule has 0 spiro atoms. The van der Waals surface area contributed by atoms with Gasteiger partial charge in [-0.3, -0.25) is 10.00 Å². The monoisotopic (exact) mass is 242 g/mol. The highest BCUT2D eigenvalue weighted by atomic mass is 15.2. The second-order valence-electron chi connectivity index (χ2n) is 4.51. The predicted molar refractivity (Wildman–Crippen MR) is 72.8 cm³/mol. The largest absolute Gasteiger partial charge is 0.295 e. The van der Waals surface area contributed by atoms with Gasteiger partial charge in [0.05, 0.1) is 6.54 Å². The first-order valence-corrected chi connectivity index (χ1v) is 5.99. The van der Waals surface area contributed by atoms with E-state index in [0.29, 0.717) is 0 Å². The lowest BCUT2D eigenvalue weighted by Gasteiger charge is -2.15. The minimum absolute atomic E-state index is 0.778. The van der Waals surface area contributed by atoms with E-state index < -0.39 is 0 Å². The van der Waals surface area contributed by atoms with Crippen LogP contribution >= 0.6 is 0 Å². The molecule has 0 bridgehead atoms. The van der Waals surface area contributed by atoms with Gasteiger partial charge in [-0.15, -0.1) is 0 Å². The third-order valence-corrected chi connectivity index (χ3v) is 2.62. The summed E-state index contributed by atoms with van der Waals surface area (Å²) in [5.41, 5.74) is 2.56. The number of benzene rings is 1. The van der Waals surface area contributed by atoms with Gasteiger partial charge >= 0.3 is 0 Å². The third kappa shape index (κ3) is 3.82. The van der Waals surface area contributed by atoms with E-state index >= 15 is 0 Å². The van der Waals surface area contributed by atoms with E-state index in [1.807, 2.05) is 6.07 Å². The van der Waals surface area contributed by atoms with E-state index in [1.165, 1.54) is 17.5 Å². The summed E-state index contributed by atoms with van der Waals surface area (Å²) in [6.45, 7) is 3.83. The Morgan fingerprint density at radius 1 is 1.33 bits per heavy atom. The van der Waals surface area contributed by atoms with Crippen molar-refractivity contribution in [1.29, 1.82) is 0 Å². The van der Waals surface area contributed by atoms with Crippen LogP contribution in [0.1, 0.15) is 18.3 Å². The SMILES string of the molecule is C/C(=C\c1ccccc1)CN(C)Cc1ncn[nH]1. The molecule has 0 saturated carbocycles. The van der Waals surface area contributed by atoms with Gasteiger partial charge in [0, 0.05) is 6.54 Å². The predicted octanol–water partition coefficient (Wildman–Crippen LogP) is 2.34. The van der Waals surface area contributed by atoms with E-state index in [4.69, 9.17) is 0 Å². The Morgan fingerprint density at radius 3 is 2.78 bits per heavy atom. The first-order valence-electron chi connectivity index (χ1n) is 5.99. The molecule has 1 N–H and O–H groups in total. The minimum Gasteiger partial charge on any atom is -0.295 e. The number of hydrogen-bond donors (Lipinski definition) is 1. The van der Waals surface area contributed by atoms with Crippen LogP contribution in [0.15, 0.2) is 42.2 Å². The first kappa shape index (κ1) is 12.5. The molecule has 0 aliphatic heterocycles. The summed E-state index contributed by atoms with van der Waals surface area (Å²) in [5.74, 6) is 0.894. The van der Waals surface area contributed by atoms with Crippen LogP contribution < -0.4 is 0 Å². The molecule has 2 aromatic rings. The van der Waals surface area contributed by atoms with E-state index in [2.05, 4.69) is 64.4 Å². The van der Waals surface area contributed by atoms with Crippen LogP contribution in [0.25, 0.3) is 6.08 Å². The summed E-state index contributed by atoms with van der Waals surface area (Å²) in [4.78, 5) is 6.32. The number of likely N-dealkylation sites (N-methyl/N-ethyl adjacent to an activating group) is 1. The lowest BCUT2D eigenvalue weighted by Crippen LogP contribution is -2.20. The molecule has 0 unspecified atom stereocenters. The van der Waals surface area contributed by atoms with E-state index in [0.717, 1.165) is 18.9 Å². The van der Waals surface area contributed by atoms with Crippen molar-refractivity contribution in [3.05, 3.63) is 53.6 Å².